The molecule has 1 aliphatic rings. The Labute approximate surface area is 104 Å². The molecule has 1 unspecified atom stereocenters. The first-order valence-electron chi connectivity index (χ1n) is 4.58. The minimum Gasteiger partial charge on any atom is -0.306 e. The van der Waals surface area contributed by atoms with Crippen LogP contribution in [-0.4, -0.2) is 17.8 Å². The molecule has 1 amide bonds. The van der Waals surface area contributed by atoms with Gasteiger partial charge in [0.05, 0.1) is 5.38 Å². The van der Waals surface area contributed by atoms with Crippen molar-refractivity contribution in [2.24, 2.45) is 0 Å². The molecule has 1 atom stereocenters. The molecule has 0 bridgehead atoms. The fourth-order valence-electron chi connectivity index (χ4n) is 1.67. The van der Waals surface area contributed by atoms with E-state index in [9.17, 15) is 13.6 Å². The number of anilines is 1. The van der Waals surface area contributed by atoms with Gasteiger partial charge in [-0.05, 0) is 12.1 Å². The third kappa shape index (κ3) is 2.06. The van der Waals surface area contributed by atoms with Crippen molar-refractivity contribution < 1.29 is 13.6 Å². The molecule has 0 spiro atoms. The third-order valence-electron chi connectivity index (χ3n) is 2.33. The molecular weight excluding hydrogens is 303 g/mol. The van der Waals surface area contributed by atoms with Gasteiger partial charge in [0.2, 0.25) is 5.91 Å². The van der Waals surface area contributed by atoms with Gasteiger partial charge in [0.25, 0.3) is 0 Å². The molecule has 1 aromatic rings. The average Bonchev–Trinajstić information content (AvgIpc) is 2.43. The molecule has 0 N–H and O–H groups in total. The second-order valence-electron chi connectivity index (χ2n) is 3.52. The Bertz CT molecular complexity index is 431. The Kier molecular flexibility index (Phi) is 3.17. The van der Waals surface area contributed by atoms with Crippen LogP contribution in [0.4, 0.5) is 14.5 Å². The van der Waals surface area contributed by atoms with Crippen molar-refractivity contribution in [2.45, 2.75) is 11.8 Å². The number of benzene rings is 1. The molecule has 1 aromatic carbocycles. The van der Waals surface area contributed by atoms with E-state index in [-0.39, 0.29) is 24.6 Å². The number of hydrogen-bond acceptors (Lipinski definition) is 1. The van der Waals surface area contributed by atoms with Crippen molar-refractivity contribution in [3.05, 3.63) is 28.2 Å². The minimum atomic E-state index is -0.772. The van der Waals surface area contributed by atoms with Crippen molar-refractivity contribution in [1.29, 1.82) is 0 Å². The van der Waals surface area contributed by atoms with Crippen molar-refractivity contribution >= 4 is 39.1 Å². The van der Waals surface area contributed by atoms with Gasteiger partial charge >= 0.3 is 0 Å². The van der Waals surface area contributed by atoms with Gasteiger partial charge in [-0.3, -0.25) is 4.79 Å². The molecule has 1 aliphatic heterocycles. The smallest absolute Gasteiger partial charge is 0.228 e. The van der Waals surface area contributed by atoms with E-state index in [0.717, 1.165) is 17.0 Å². The van der Waals surface area contributed by atoms with Crippen LogP contribution in [-0.2, 0) is 4.79 Å². The number of carbonyl (C=O) groups is 1. The molecule has 1 heterocycles. The molecule has 1 fully saturated rings. The normalized spacial score (nSPS) is 20.6. The van der Waals surface area contributed by atoms with Crippen LogP contribution >= 0.6 is 27.5 Å². The SMILES string of the molecule is O=C1CC(Cl)CN1c1c(F)cc(Br)cc1F. The fourth-order valence-corrected chi connectivity index (χ4v) is 2.34. The Morgan fingerprint density at radius 3 is 2.38 bits per heavy atom. The zero-order valence-corrected chi connectivity index (χ0v) is 10.4. The maximum atomic E-state index is 13.6. The molecular formula is C10H7BrClF2NO. The molecule has 16 heavy (non-hydrogen) atoms. The summed E-state index contributed by atoms with van der Waals surface area (Å²) in [5, 5.41) is -0.394. The van der Waals surface area contributed by atoms with Crippen LogP contribution in [0.5, 0.6) is 0 Å². The summed E-state index contributed by atoms with van der Waals surface area (Å²) < 4.78 is 27.4. The molecule has 2 nitrogen and oxygen atoms in total. The summed E-state index contributed by atoms with van der Waals surface area (Å²) in [6.07, 6.45) is 0.108. The molecule has 86 valence electrons. The fraction of sp³-hybridized carbons (Fsp3) is 0.300. The van der Waals surface area contributed by atoms with E-state index in [2.05, 4.69) is 15.9 Å². The quantitative estimate of drug-likeness (QED) is 0.730. The standard InChI is InChI=1S/C10H7BrClF2NO/c11-5-1-7(13)10(8(14)2-5)15-4-6(12)3-9(15)16/h1-2,6H,3-4H2. The zero-order valence-electron chi connectivity index (χ0n) is 8.01. The van der Waals surface area contributed by atoms with Crippen molar-refractivity contribution in [3.8, 4) is 0 Å². The van der Waals surface area contributed by atoms with Crippen LogP contribution in [0.25, 0.3) is 0 Å². The van der Waals surface area contributed by atoms with E-state index in [4.69, 9.17) is 11.6 Å². The lowest BCUT2D eigenvalue weighted by Crippen LogP contribution is -2.26. The second-order valence-corrected chi connectivity index (χ2v) is 5.06. The maximum Gasteiger partial charge on any atom is 0.228 e. The molecule has 0 aliphatic carbocycles. The molecule has 1 saturated heterocycles. The van der Waals surface area contributed by atoms with Crippen LogP contribution in [0.1, 0.15) is 6.42 Å². The van der Waals surface area contributed by atoms with Gasteiger partial charge < -0.3 is 4.90 Å². The molecule has 2 rings (SSSR count). The Morgan fingerprint density at radius 2 is 1.94 bits per heavy atom. The van der Waals surface area contributed by atoms with E-state index in [0.29, 0.717) is 4.47 Å². The highest BCUT2D eigenvalue weighted by atomic mass is 79.9. The summed E-state index contributed by atoms with van der Waals surface area (Å²) in [7, 11) is 0. The summed E-state index contributed by atoms with van der Waals surface area (Å²) in [5.41, 5.74) is -0.323. The summed E-state index contributed by atoms with van der Waals surface area (Å²) in [6, 6.07) is 2.24. The monoisotopic (exact) mass is 309 g/mol. The topological polar surface area (TPSA) is 20.3 Å². The van der Waals surface area contributed by atoms with Crippen molar-refractivity contribution in [3.63, 3.8) is 0 Å². The number of nitrogens with zero attached hydrogens (tertiary/aromatic N) is 1. The second kappa shape index (κ2) is 4.30. The number of amides is 1. The first-order valence-corrected chi connectivity index (χ1v) is 5.81. The lowest BCUT2D eigenvalue weighted by atomic mass is 10.2. The first kappa shape index (κ1) is 11.8. The molecule has 6 heteroatoms. The predicted molar refractivity (Wildman–Crippen MR) is 60.7 cm³/mol. The lowest BCUT2D eigenvalue weighted by molar-refractivity contribution is -0.117. The highest BCUT2D eigenvalue weighted by Gasteiger charge is 2.32. The van der Waals surface area contributed by atoms with Gasteiger partial charge in [0.1, 0.15) is 5.69 Å². The summed E-state index contributed by atoms with van der Waals surface area (Å²) in [4.78, 5) is 12.5. The highest BCUT2D eigenvalue weighted by Crippen LogP contribution is 2.31. The zero-order chi connectivity index (χ0) is 11.9. The molecule has 0 saturated carbocycles. The average molecular weight is 311 g/mol. The lowest BCUT2D eigenvalue weighted by Gasteiger charge is -2.17. The summed E-state index contributed by atoms with van der Waals surface area (Å²) in [6.45, 7) is 0.135. The number of halogens is 4. The number of alkyl halides is 1. The first-order chi connectivity index (χ1) is 7.49. The van der Waals surface area contributed by atoms with E-state index >= 15 is 0 Å². The molecule has 0 aromatic heterocycles. The predicted octanol–water partition coefficient (Wildman–Crippen LogP) is 3.07. The van der Waals surface area contributed by atoms with Gasteiger partial charge in [-0.15, -0.1) is 11.6 Å². The number of carbonyl (C=O) groups excluding carboxylic acids is 1. The van der Waals surface area contributed by atoms with Crippen LogP contribution in [0, 0.1) is 11.6 Å². The maximum absolute atomic E-state index is 13.6. The van der Waals surface area contributed by atoms with Crippen LogP contribution in [0.2, 0.25) is 0 Å². The Morgan fingerprint density at radius 1 is 1.38 bits per heavy atom. The van der Waals surface area contributed by atoms with E-state index in [1.165, 1.54) is 0 Å². The van der Waals surface area contributed by atoms with Crippen molar-refractivity contribution in [1.82, 2.24) is 0 Å². The van der Waals surface area contributed by atoms with Crippen LogP contribution < -0.4 is 4.90 Å². The van der Waals surface area contributed by atoms with Gasteiger partial charge in [-0.2, -0.15) is 0 Å². The van der Waals surface area contributed by atoms with Gasteiger partial charge in [0, 0.05) is 17.4 Å². The highest BCUT2D eigenvalue weighted by molar-refractivity contribution is 9.10. The number of hydrogen-bond donors (Lipinski definition) is 0. The van der Waals surface area contributed by atoms with Crippen LogP contribution in [0.3, 0.4) is 0 Å². The minimum absolute atomic E-state index is 0.108. The number of rotatable bonds is 1. The summed E-state index contributed by atoms with van der Waals surface area (Å²) in [5.74, 6) is -1.91. The third-order valence-corrected chi connectivity index (χ3v) is 3.08. The molecule has 0 radical (unpaired) electrons. The largest absolute Gasteiger partial charge is 0.306 e. The summed E-state index contributed by atoms with van der Waals surface area (Å²) >= 11 is 8.74. The van der Waals surface area contributed by atoms with Crippen LogP contribution in [0.15, 0.2) is 16.6 Å². The van der Waals surface area contributed by atoms with Gasteiger partial charge in [0.15, 0.2) is 11.6 Å². The van der Waals surface area contributed by atoms with E-state index in [1.807, 2.05) is 0 Å². The van der Waals surface area contributed by atoms with Crippen molar-refractivity contribution in [2.75, 3.05) is 11.4 Å². The van der Waals surface area contributed by atoms with Gasteiger partial charge in [-0.1, -0.05) is 15.9 Å². The van der Waals surface area contributed by atoms with E-state index < -0.39 is 17.0 Å². The Hall–Kier alpha value is -0.680. The Balaban J connectivity index is 2.44. The van der Waals surface area contributed by atoms with Gasteiger partial charge in [-0.25, -0.2) is 8.78 Å². The van der Waals surface area contributed by atoms with E-state index in [1.54, 1.807) is 0 Å².